The van der Waals surface area contributed by atoms with E-state index in [-0.39, 0.29) is 0 Å². The summed E-state index contributed by atoms with van der Waals surface area (Å²) in [5, 5.41) is 0. The summed E-state index contributed by atoms with van der Waals surface area (Å²) in [7, 11) is 0. The minimum absolute atomic E-state index is 0.438. The Morgan fingerprint density at radius 3 is 2.00 bits per heavy atom. The van der Waals surface area contributed by atoms with Crippen LogP contribution < -0.4 is 4.90 Å². The highest BCUT2D eigenvalue weighted by Crippen LogP contribution is 1.40. The largest absolute Gasteiger partial charge is 0.178 e. The Morgan fingerprint density at radius 1 is 1.50 bits per heavy atom. The van der Waals surface area contributed by atoms with Gasteiger partial charge in [-0.05, 0) is 0 Å². The van der Waals surface area contributed by atoms with E-state index in [1.807, 2.05) is 0 Å². The van der Waals surface area contributed by atoms with Gasteiger partial charge in [-0.25, -0.2) is 0 Å². The highest BCUT2D eigenvalue weighted by molar-refractivity contribution is 4.20. The van der Waals surface area contributed by atoms with Gasteiger partial charge in [-0.1, -0.05) is 0 Å². The van der Waals surface area contributed by atoms with Gasteiger partial charge in [0.15, 0.2) is 0 Å². The van der Waals surface area contributed by atoms with Gasteiger partial charge in [0, 0.05) is 0 Å². The van der Waals surface area contributed by atoms with Gasteiger partial charge in [0.25, 0.3) is 0 Å². The van der Waals surface area contributed by atoms with Gasteiger partial charge in [-0.3, -0.25) is 0 Å². The molecule has 0 saturated carbocycles. The molecular weight excluding hydrogens is 50.0 g/mol. The average Bonchev–Trinajstić information content (AvgIpc) is 1.44. The summed E-state index contributed by atoms with van der Waals surface area (Å²) >= 11 is 0. The summed E-state index contributed by atoms with van der Waals surface area (Å²) < 4.78 is 60.7. The minimum atomic E-state index is -3.16. The lowest BCUT2D eigenvalue weighted by Crippen LogP contribution is -2.08. The molecule has 25 valence electrons. The van der Waals surface area contributed by atoms with Crippen LogP contribution in [0.15, 0.2) is 0 Å². The Kier molecular flexibility index (Phi) is 0.0787. The van der Waals surface area contributed by atoms with Crippen molar-refractivity contribution in [2.75, 3.05) is 20.9 Å². The first-order valence-corrected chi connectivity index (χ1v) is 0.671. The molecular formula is C3H9N+. The van der Waals surface area contributed by atoms with Crippen LogP contribution in [0.3, 0.4) is 0 Å². The van der Waals surface area contributed by atoms with E-state index in [1.54, 1.807) is 0 Å². The molecule has 0 unspecified atom stereocenters. The lowest BCUT2D eigenvalue weighted by molar-refractivity contribution is 0.685. The standard InChI is InChI=1S/C3H9N/c1-4(2)3/h1-3H3/q+1/i1D3,2D3,3D3. The van der Waals surface area contributed by atoms with Gasteiger partial charge in [-0.2, -0.15) is 4.90 Å². The average molecular weight is 68.2 g/mol. The molecule has 0 atom stereocenters. The monoisotopic (exact) mass is 68.1 g/mol. The Bertz CT molecular complexity index is 137. The fourth-order valence-electron chi connectivity index (χ4n) is 0. The highest BCUT2D eigenvalue weighted by atomic mass is 15.0. The van der Waals surface area contributed by atoms with Crippen molar-refractivity contribution in [1.29, 1.82) is 0 Å². The normalized spacial score (nSPS) is 51.8. The van der Waals surface area contributed by atoms with E-state index < -0.39 is 25.8 Å². The predicted molar refractivity (Wildman–Crippen MR) is 19.9 cm³/mol. The summed E-state index contributed by atoms with van der Waals surface area (Å²) in [6, 6.07) is 0. The molecule has 0 fully saturated rings. The Morgan fingerprint density at radius 2 is 2.00 bits per heavy atom. The number of rotatable bonds is 0. The zero-order chi connectivity index (χ0) is 11.1. The molecule has 4 heavy (non-hydrogen) atoms. The highest BCUT2D eigenvalue weighted by Gasteiger charge is 1.71. The van der Waals surface area contributed by atoms with Crippen molar-refractivity contribution in [1.82, 2.24) is 4.90 Å². The van der Waals surface area contributed by atoms with Crippen LogP contribution in [0.5, 0.6) is 0 Å². The van der Waals surface area contributed by atoms with Crippen molar-refractivity contribution in [2.45, 2.75) is 0 Å². The molecule has 0 heterocycles. The van der Waals surface area contributed by atoms with Gasteiger partial charge >= 0.3 is 0 Å². The Hall–Kier alpha value is -0.0400. The molecule has 0 aliphatic carbocycles. The molecule has 0 saturated heterocycles. The van der Waals surface area contributed by atoms with Gasteiger partial charge < -0.3 is 0 Å². The molecule has 0 rings (SSSR count). The van der Waals surface area contributed by atoms with E-state index in [0.29, 0.717) is 0 Å². The first-order valence-electron chi connectivity index (χ1n) is 5.17. The maximum atomic E-state index is 6.74. The van der Waals surface area contributed by atoms with Crippen molar-refractivity contribution in [3.05, 3.63) is 0 Å². The SMILES string of the molecule is [2H]C([2H])([2H])[N+](C([2H])([2H])[2H])C([2H])([2H])[2H]. The maximum absolute atomic E-state index is 6.74. The summed E-state index contributed by atoms with van der Waals surface area (Å²) in [4.78, 5) is -0.438. The van der Waals surface area contributed by atoms with Gasteiger partial charge in [0.2, 0.25) is 0 Å². The number of hydrogen-bond donors (Lipinski definition) is 0. The Labute approximate surface area is 39.9 Å². The van der Waals surface area contributed by atoms with Crippen LogP contribution in [0.25, 0.3) is 0 Å². The van der Waals surface area contributed by atoms with Crippen LogP contribution in [0.2, 0.25) is 0 Å². The van der Waals surface area contributed by atoms with E-state index in [9.17, 15) is 0 Å². The van der Waals surface area contributed by atoms with Crippen LogP contribution in [0, 0.1) is 0 Å². The molecule has 0 aromatic heterocycles. The lowest BCUT2D eigenvalue weighted by Gasteiger charge is -1.77. The molecule has 0 aliphatic heterocycles. The number of nitrogens with zero attached hydrogens (tertiary/aromatic N) is 1. The minimum Gasteiger partial charge on any atom is -0.178 e. The maximum Gasteiger partial charge on any atom is 0.112 e. The second-order valence-electron chi connectivity index (χ2n) is 0.335. The fourth-order valence-corrected chi connectivity index (χ4v) is 0. The molecule has 1 radical (unpaired) electrons. The number of hydrogen-bond acceptors (Lipinski definition) is 1. The summed E-state index contributed by atoms with van der Waals surface area (Å²) in [5.74, 6) is 0. The predicted octanol–water partition coefficient (Wildman–Crippen LogP) is 0.0159. The van der Waals surface area contributed by atoms with Crippen molar-refractivity contribution in [3.8, 4) is 0 Å². The van der Waals surface area contributed by atoms with Crippen molar-refractivity contribution in [3.63, 3.8) is 0 Å². The molecule has 0 bridgehead atoms. The van der Waals surface area contributed by atoms with Gasteiger partial charge in [0.1, 0.15) is 20.9 Å². The van der Waals surface area contributed by atoms with E-state index in [0.717, 1.165) is 0 Å². The summed E-state index contributed by atoms with van der Waals surface area (Å²) in [6.45, 7) is -9.47. The third-order valence-electron chi connectivity index (χ3n) is 0. The van der Waals surface area contributed by atoms with Crippen molar-refractivity contribution < 1.29 is 12.3 Å². The smallest absolute Gasteiger partial charge is 0.112 e. The summed E-state index contributed by atoms with van der Waals surface area (Å²) in [6.07, 6.45) is 0. The van der Waals surface area contributed by atoms with Crippen molar-refractivity contribution >= 4 is 0 Å². The second-order valence-corrected chi connectivity index (χ2v) is 0.335. The second kappa shape index (κ2) is 1.30. The van der Waals surface area contributed by atoms with E-state index in [2.05, 4.69) is 0 Å². The van der Waals surface area contributed by atoms with Crippen LogP contribution in [-0.4, -0.2) is 20.9 Å². The van der Waals surface area contributed by atoms with Crippen LogP contribution in [0.4, 0.5) is 0 Å². The fraction of sp³-hybridized carbons (Fsp3) is 1.00. The summed E-state index contributed by atoms with van der Waals surface area (Å²) in [5.41, 5.74) is 0. The quantitative estimate of drug-likeness (QED) is 0.353. The molecule has 0 aliphatic rings. The molecule has 0 spiro atoms. The third kappa shape index (κ3) is 1130. The van der Waals surface area contributed by atoms with Crippen LogP contribution in [-0.2, 0) is 0 Å². The van der Waals surface area contributed by atoms with Crippen LogP contribution >= 0.6 is 0 Å². The van der Waals surface area contributed by atoms with Crippen LogP contribution in [0.1, 0.15) is 12.3 Å². The zero-order valence-electron chi connectivity index (χ0n) is 10.9. The molecule has 1 heteroatoms. The molecule has 0 aromatic rings. The third-order valence-corrected chi connectivity index (χ3v) is 0. The van der Waals surface area contributed by atoms with E-state index in [4.69, 9.17) is 12.3 Å². The molecule has 1 nitrogen and oxygen atoms in total. The molecule has 0 amide bonds. The first-order chi connectivity index (χ1) is 5.37. The van der Waals surface area contributed by atoms with Gasteiger partial charge in [0.05, 0.1) is 12.3 Å². The molecule has 0 N–H and O–H groups in total. The Balaban J connectivity index is 5.02. The zero-order valence-corrected chi connectivity index (χ0v) is 1.95. The van der Waals surface area contributed by atoms with E-state index in [1.165, 1.54) is 0 Å². The molecule has 0 aromatic carbocycles. The first kappa shape index (κ1) is 0.243. The van der Waals surface area contributed by atoms with Gasteiger partial charge in [-0.15, -0.1) is 0 Å². The lowest BCUT2D eigenvalue weighted by atomic mass is 11.0. The topological polar surface area (TPSA) is 5.90 Å². The van der Waals surface area contributed by atoms with E-state index >= 15 is 0 Å². The van der Waals surface area contributed by atoms with Crippen molar-refractivity contribution in [2.24, 2.45) is 0 Å².